The maximum absolute atomic E-state index is 12.0. The molecule has 3 heterocycles. The second kappa shape index (κ2) is 10.2. The van der Waals surface area contributed by atoms with Crippen LogP contribution in [0.4, 0.5) is 5.82 Å². The van der Waals surface area contributed by atoms with Gasteiger partial charge < -0.3 is 10.6 Å². The Morgan fingerprint density at radius 3 is 2.75 bits per heavy atom. The van der Waals surface area contributed by atoms with Gasteiger partial charge in [0.2, 0.25) is 5.91 Å². The van der Waals surface area contributed by atoms with Crippen molar-refractivity contribution in [2.45, 2.75) is 30.2 Å². The van der Waals surface area contributed by atoms with Crippen LogP contribution in [-0.4, -0.2) is 60.7 Å². The molecule has 0 fully saturated rings. The number of nitrogens with one attached hydrogen (secondary N) is 2. The van der Waals surface area contributed by atoms with Gasteiger partial charge >= 0.3 is 0 Å². The molecule has 3 aromatic rings. The lowest BCUT2D eigenvalue weighted by molar-refractivity contribution is -0.118. The van der Waals surface area contributed by atoms with E-state index in [1.807, 2.05) is 6.26 Å². The fourth-order valence-corrected chi connectivity index (χ4v) is 3.40. The second-order valence-corrected chi connectivity index (χ2v) is 7.48. The van der Waals surface area contributed by atoms with Crippen LogP contribution in [0.3, 0.4) is 0 Å². The Morgan fingerprint density at radius 1 is 1.18 bits per heavy atom. The van der Waals surface area contributed by atoms with Gasteiger partial charge in [-0.1, -0.05) is 30.4 Å². The Kier molecular flexibility index (Phi) is 7.43. The van der Waals surface area contributed by atoms with Crippen molar-refractivity contribution in [2.75, 3.05) is 30.4 Å². The van der Waals surface area contributed by atoms with Crippen molar-refractivity contribution in [1.29, 1.82) is 0 Å². The first-order chi connectivity index (χ1) is 13.7. The minimum atomic E-state index is -0.0707. The SMILES string of the molecule is CCCNc1nc(SC)nc2c1cnn2CCNC(=O)CSc1ncccn1. The van der Waals surface area contributed by atoms with Crippen molar-refractivity contribution >= 4 is 46.3 Å². The zero-order chi connectivity index (χ0) is 19.8. The number of carbonyl (C=O) groups is 1. The highest BCUT2D eigenvalue weighted by molar-refractivity contribution is 7.99. The third-order valence-corrected chi connectivity index (χ3v) is 5.14. The van der Waals surface area contributed by atoms with Gasteiger partial charge in [0.05, 0.1) is 23.9 Å². The lowest BCUT2D eigenvalue weighted by Crippen LogP contribution is -2.29. The summed E-state index contributed by atoms with van der Waals surface area (Å²) < 4.78 is 1.79. The Balaban J connectivity index is 1.58. The quantitative estimate of drug-likeness (QED) is 0.377. The highest BCUT2D eigenvalue weighted by atomic mass is 32.2. The number of hydrogen-bond acceptors (Lipinski definition) is 9. The molecule has 11 heteroatoms. The summed E-state index contributed by atoms with van der Waals surface area (Å²) in [5.41, 5.74) is 0.763. The van der Waals surface area contributed by atoms with E-state index in [1.165, 1.54) is 23.5 Å². The van der Waals surface area contributed by atoms with E-state index in [0.29, 0.717) is 23.4 Å². The molecular weight excluding hydrogens is 396 g/mol. The molecule has 0 atom stereocenters. The van der Waals surface area contributed by atoms with Gasteiger partial charge in [0.1, 0.15) is 5.82 Å². The standard InChI is InChI=1S/C17H22N8OS2/c1-3-5-19-14-12-10-22-25(15(12)24-17(23-14)27-2)9-8-18-13(26)11-28-16-20-6-4-7-21-16/h4,6-7,10H,3,5,8-9,11H2,1-2H3,(H,18,26)(H,19,23,24). The van der Waals surface area contributed by atoms with Crippen LogP contribution in [0.25, 0.3) is 11.0 Å². The predicted octanol–water partition coefficient (Wildman–Crippen LogP) is 2.07. The number of anilines is 1. The molecule has 0 aromatic carbocycles. The van der Waals surface area contributed by atoms with Crippen LogP contribution in [0.2, 0.25) is 0 Å². The zero-order valence-corrected chi connectivity index (χ0v) is 17.4. The van der Waals surface area contributed by atoms with Crippen LogP contribution in [0.1, 0.15) is 13.3 Å². The summed E-state index contributed by atoms with van der Waals surface area (Å²) in [6.07, 6.45) is 8.03. The molecule has 2 N–H and O–H groups in total. The predicted molar refractivity (Wildman–Crippen MR) is 112 cm³/mol. The van der Waals surface area contributed by atoms with Crippen LogP contribution in [0.5, 0.6) is 0 Å². The van der Waals surface area contributed by atoms with E-state index in [2.05, 4.69) is 42.6 Å². The van der Waals surface area contributed by atoms with E-state index >= 15 is 0 Å². The fourth-order valence-electron chi connectivity index (χ4n) is 2.41. The monoisotopic (exact) mass is 418 g/mol. The number of thioether (sulfide) groups is 2. The minimum Gasteiger partial charge on any atom is -0.369 e. The van der Waals surface area contributed by atoms with Crippen LogP contribution in [0, 0.1) is 0 Å². The van der Waals surface area contributed by atoms with Crippen LogP contribution in [0.15, 0.2) is 35.0 Å². The topological polar surface area (TPSA) is 111 Å². The maximum atomic E-state index is 12.0. The van der Waals surface area contributed by atoms with E-state index in [1.54, 1.807) is 29.3 Å². The molecule has 0 aliphatic heterocycles. The summed E-state index contributed by atoms with van der Waals surface area (Å²) >= 11 is 2.79. The molecule has 0 unspecified atom stereocenters. The van der Waals surface area contributed by atoms with Crippen molar-refractivity contribution in [1.82, 2.24) is 35.0 Å². The lowest BCUT2D eigenvalue weighted by Gasteiger charge is -2.08. The van der Waals surface area contributed by atoms with Gasteiger partial charge in [0.15, 0.2) is 16.0 Å². The molecule has 0 saturated carbocycles. The third-order valence-electron chi connectivity index (χ3n) is 3.72. The molecule has 0 aliphatic carbocycles. The molecule has 0 spiro atoms. The number of aromatic nitrogens is 6. The second-order valence-electron chi connectivity index (χ2n) is 5.76. The molecule has 0 saturated heterocycles. The number of hydrogen-bond donors (Lipinski definition) is 2. The Labute approximate surface area is 171 Å². The van der Waals surface area contributed by atoms with Crippen molar-refractivity contribution in [3.63, 3.8) is 0 Å². The molecular formula is C17H22N8OS2. The highest BCUT2D eigenvalue weighted by Gasteiger charge is 2.13. The summed E-state index contributed by atoms with van der Waals surface area (Å²) in [6, 6.07) is 1.74. The van der Waals surface area contributed by atoms with E-state index < -0.39 is 0 Å². The minimum absolute atomic E-state index is 0.0707. The smallest absolute Gasteiger partial charge is 0.230 e. The van der Waals surface area contributed by atoms with Gasteiger partial charge in [-0.15, -0.1) is 0 Å². The average molecular weight is 419 g/mol. The number of rotatable bonds is 10. The van der Waals surface area contributed by atoms with Gasteiger partial charge in [-0.3, -0.25) is 4.79 Å². The molecule has 3 aromatic heterocycles. The summed E-state index contributed by atoms with van der Waals surface area (Å²) in [5.74, 6) is 0.998. The van der Waals surface area contributed by atoms with E-state index in [9.17, 15) is 4.79 Å². The van der Waals surface area contributed by atoms with Gasteiger partial charge in [-0.25, -0.2) is 24.6 Å². The van der Waals surface area contributed by atoms with Crippen LogP contribution >= 0.6 is 23.5 Å². The lowest BCUT2D eigenvalue weighted by atomic mass is 10.3. The zero-order valence-electron chi connectivity index (χ0n) is 15.8. The first-order valence-corrected chi connectivity index (χ1v) is 11.1. The first kappa shape index (κ1) is 20.3. The Morgan fingerprint density at radius 2 is 2.00 bits per heavy atom. The summed E-state index contributed by atoms with van der Waals surface area (Å²) in [7, 11) is 0. The molecule has 0 radical (unpaired) electrons. The van der Waals surface area contributed by atoms with Crippen molar-refractivity contribution < 1.29 is 4.79 Å². The van der Waals surface area contributed by atoms with Gasteiger partial charge in [-0.2, -0.15) is 5.10 Å². The van der Waals surface area contributed by atoms with E-state index in [4.69, 9.17) is 0 Å². The van der Waals surface area contributed by atoms with Crippen molar-refractivity contribution in [3.8, 4) is 0 Å². The fraction of sp³-hybridized carbons (Fsp3) is 0.412. The highest BCUT2D eigenvalue weighted by Crippen LogP contribution is 2.23. The van der Waals surface area contributed by atoms with Crippen molar-refractivity contribution in [3.05, 3.63) is 24.7 Å². The molecule has 1 amide bonds. The van der Waals surface area contributed by atoms with Crippen LogP contribution in [-0.2, 0) is 11.3 Å². The Hall–Kier alpha value is -2.40. The molecule has 9 nitrogen and oxygen atoms in total. The molecule has 3 rings (SSSR count). The average Bonchev–Trinajstić information content (AvgIpc) is 3.14. The maximum Gasteiger partial charge on any atom is 0.230 e. The largest absolute Gasteiger partial charge is 0.369 e. The Bertz CT molecular complexity index is 918. The van der Waals surface area contributed by atoms with E-state index in [0.717, 1.165) is 29.8 Å². The van der Waals surface area contributed by atoms with Gasteiger partial charge in [0.25, 0.3) is 0 Å². The molecule has 148 valence electrons. The van der Waals surface area contributed by atoms with Gasteiger partial charge in [-0.05, 0) is 18.7 Å². The summed E-state index contributed by atoms with van der Waals surface area (Å²) in [4.78, 5) is 29.3. The van der Waals surface area contributed by atoms with Gasteiger partial charge in [0, 0.05) is 25.5 Å². The van der Waals surface area contributed by atoms with Crippen molar-refractivity contribution in [2.24, 2.45) is 0 Å². The first-order valence-electron chi connectivity index (χ1n) is 8.89. The third kappa shape index (κ3) is 5.32. The number of fused-ring (bicyclic) bond motifs is 1. The van der Waals surface area contributed by atoms with Crippen LogP contribution < -0.4 is 10.6 Å². The normalized spacial score (nSPS) is 10.9. The summed E-state index contributed by atoms with van der Waals surface area (Å²) in [5, 5.41) is 12.8. The van der Waals surface area contributed by atoms with E-state index in [-0.39, 0.29) is 11.7 Å². The number of nitrogens with zero attached hydrogens (tertiary/aromatic N) is 6. The number of carbonyl (C=O) groups excluding carboxylic acids is 1. The summed E-state index contributed by atoms with van der Waals surface area (Å²) in [6.45, 7) is 3.93. The molecule has 0 aliphatic rings. The molecule has 0 bridgehead atoms. The number of amides is 1. The molecule has 28 heavy (non-hydrogen) atoms.